The molecule has 2 aliphatic rings. The van der Waals surface area contributed by atoms with Gasteiger partial charge in [0.25, 0.3) is 0 Å². The van der Waals surface area contributed by atoms with Crippen LogP contribution in [0.25, 0.3) is 0 Å². The highest BCUT2D eigenvalue weighted by Crippen LogP contribution is 2.48. The number of allylic oxidation sites excluding steroid dienone is 2. The summed E-state index contributed by atoms with van der Waals surface area (Å²) in [6.45, 7) is 0. The molecule has 1 aromatic carbocycles. The largest absolute Gasteiger partial charge is 0.481 e. The third-order valence-corrected chi connectivity index (χ3v) is 4.54. The van der Waals surface area contributed by atoms with E-state index in [0.717, 1.165) is 6.07 Å². The van der Waals surface area contributed by atoms with Gasteiger partial charge in [0.15, 0.2) is 0 Å². The summed E-state index contributed by atoms with van der Waals surface area (Å²) in [7, 11) is 0. The number of carbonyl (C=O) groups excluding carboxylic acids is 1. The highest BCUT2D eigenvalue weighted by molar-refractivity contribution is 6.30. The topological polar surface area (TPSA) is 66.4 Å². The van der Waals surface area contributed by atoms with Gasteiger partial charge in [-0.05, 0) is 36.5 Å². The van der Waals surface area contributed by atoms with Crippen LogP contribution in [0, 0.1) is 29.5 Å². The lowest BCUT2D eigenvalue weighted by atomic mass is 9.82. The molecule has 0 saturated heterocycles. The molecule has 0 aliphatic heterocycles. The number of fused-ring (bicyclic) bond motifs is 2. The second-order valence-corrected chi connectivity index (χ2v) is 5.86. The third kappa shape index (κ3) is 2.42. The molecule has 21 heavy (non-hydrogen) atoms. The summed E-state index contributed by atoms with van der Waals surface area (Å²) in [5, 5.41) is 11.9. The Hall–Kier alpha value is -1.88. The van der Waals surface area contributed by atoms with Crippen molar-refractivity contribution in [3.05, 3.63) is 41.2 Å². The van der Waals surface area contributed by atoms with Crippen molar-refractivity contribution >= 4 is 29.2 Å². The molecular formula is C15H13ClFNO3. The van der Waals surface area contributed by atoms with E-state index in [-0.39, 0.29) is 28.5 Å². The zero-order valence-corrected chi connectivity index (χ0v) is 11.7. The highest BCUT2D eigenvalue weighted by atomic mass is 35.5. The van der Waals surface area contributed by atoms with E-state index < -0.39 is 23.6 Å². The molecule has 4 atom stereocenters. The lowest BCUT2D eigenvalue weighted by molar-refractivity contribution is -0.146. The minimum absolute atomic E-state index is 0.0285. The summed E-state index contributed by atoms with van der Waals surface area (Å²) in [6, 6.07) is 3.96. The molecule has 0 spiro atoms. The summed E-state index contributed by atoms with van der Waals surface area (Å²) in [5.74, 6) is -3.46. The van der Waals surface area contributed by atoms with Crippen LogP contribution in [0.4, 0.5) is 10.1 Å². The standard InChI is InChI=1S/C15H13ClFNO3/c16-10-4-3-9(6-11(10)17)18-14(19)12-7-1-2-8(5-7)13(12)15(20)21/h1-4,6-8,12-13H,5H2,(H,18,19)(H,20,21)/t7?,8?,12-,13+/m0/s1. The first-order valence-electron chi connectivity index (χ1n) is 6.64. The number of carbonyl (C=O) groups is 2. The Morgan fingerprint density at radius 1 is 1.24 bits per heavy atom. The van der Waals surface area contributed by atoms with Crippen LogP contribution in [0.2, 0.25) is 5.02 Å². The highest BCUT2D eigenvalue weighted by Gasteiger charge is 2.51. The number of rotatable bonds is 3. The molecule has 1 fully saturated rings. The monoisotopic (exact) mass is 309 g/mol. The minimum Gasteiger partial charge on any atom is -0.481 e. The molecule has 110 valence electrons. The van der Waals surface area contributed by atoms with Crippen LogP contribution in [0.1, 0.15) is 6.42 Å². The van der Waals surface area contributed by atoms with Gasteiger partial charge in [0.2, 0.25) is 5.91 Å². The molecule has 2 aliphatic carbocycles. The molecule has 6 heteroatoms. The number of hydrogen-bond acceptors (Lipinski definition) is 2. The van der Waals surface area contributed by atoms with Crippen molar-refractivity contribution in [1.29, 1.82) is 0 Å². The van der Waals surface area contributed by atoms with Crippen molar-refractivity contribution in [2.75, 3.05) is 5.32 Å². The molecule has 2 N–H and O–H groups in total. The zero-order chi connectivity index (χ0) is 15.1. The summed E-state index contributed by atoms with van der Waals surface area (Å²) in [5.41, 5.74) is 0.276. The molecule has 2 unspecified atom stereocenters. The van der Waals surface area contributed by atoms with Gasteiger partial charge in [-0.25, -0.2) is 4.39 Å². The van der Waals surface area contributed by atoms with Gasteiger partial charge in [-0.1, -0.05) is 23.8 Å². The Balaban J connectivity index is 1.80. The van der Waals surface area contributed by atoms with Gasteiger partial charge in [-0.3, -0.25) is 9.59 Å². The molecular weight excluding hydrogens is 297 g/mol. The third-order valence-electron chi connectivity index (χ3n) is 4.23. The lowest BCUT2D eigenvalue weighted by Crippen LogP contribution is -2.36. The Kier molecular flexibility index (Phi) is 3.45. The van der Waals surface area contributed by atoms with Crippen molar-refractivity contribution in [2.24, 2.45) is 23.7 Å². The maximum Gasteiger partial charge on any atom is 0.307 e. The van der Waals surface area contributed by atoms with Crippen molar-refractivity contribution in [2.45, 2.75) is 6.42 Å². The smallest absolute Gasteiger partial charge is 0.307 e. The van der Waals surface area contributed by atoms with Gasteiger partial charge < -0.3 is 10.4 Å². The van der Waals surface area contributed by atoms with Gasteiger partial charge in [0.05, 0.1) is 16.9 Å². The van der Waals surface area contributed by atoms with Gasteiger partial charge in [0, 0.05) is 5.69 Å². The van der Waals surface area contributed by atoms with Gasteiger partial charge in [-0.15, -0.1) is 0 Å². The SMILES string of the molecule is O=C(O)[C@@H]1C2C=CC(C2)[C@@H]1C(=O)Nc1ccc(Cl)c(F)c1. The first-order chi connectivity index (χ1) is 9.97. The van der Waals surface area contributed by atoms with Crippen LogP contribution in [0.15, 0.2) is 30.4 Å². The van der Waals surface area contributed by atoms with E-state index in [0.29, 0.717) is 6.42 Å². The molecule has 0 aromatic heterocycles. The quantitative estimate of drug-likeness (QED) is 0.844. The maximum absolute atomic E-state index is 13.4. The molecule has 4 nitrogen and oxygen atoms in total. The molecule has 1 aromatic rings. The minimum atomic E-state index is -0.964. The Labute approximate surface area is 125 Å². The number of anilines is 1. The van der Waals surface area contributed by atoms with E-state index in [9.17, 15) is 19.1 Å². The maximum atomic E-state index is 13.4. The molecule has 0 radical (unpaired) electrons. The fourth-order valence-electron chi connectivity index (χ4n) is 3.32. The van der Waals surface area contributed by atoms with E-state index in [4.69, 9.17) is 11.6 Å². The number of amides is 1. The lowest BCUT2D eigenvalue weighted by Gasteiger charge is -2.23. The summed E-state index contributed by atoms with van der Waals surface area (Å²) >= 11 is 5.59. The van der Waals surface area contributed by atoms with Gasteiger partial charge in [-0.2, -0.15) is 0 Å². The average molecular weight is 310 g/mol. The molecule has 1 saturated carbocycles. The van der Waals surface area contributed by atoms with Crippen LogP contribution in [0.3, 0.4) is 0 Å². The number of aliphatic carboxylic acids is 1. The summed E-state index contributed by atoms with van der Waals surface area (Å²) in [4.78, 5) is 23.7. The second-order valence-electron chi connectivity index (χ2n) is 5.46. The second kappa shape index (κ2) is 5.15. The van der Waals surface area contributed by atoms with Crippen molar-refractivity contribution in [1.82, 2.24) is 0 Å². The zero-order valence-electron chi connectivity index (χ0n) is 10.9. The van der Waals surface area contributed by atoms with Crippen LogP contribution < -0.4 is 5.32 Å². The van der Waals surface area contributed by atoms with E-state index >= 15 is 0 Å². The Morgan fingerprint density at radius 3 is 2.52 bits per heavy atom. The van der Waals surface area contributed by atoms with Gasteiger partial charge >= 0.3 is 5.97 Å². The van der Waals surface area contributed by atoms with Crippen molar-refractivity contribution < 1.29 is 19.1 Å². The van der Waals surface area contributed by atoms with Gasteiger partial charge in [0.1, 0.15) is 5.82 Å². The average Bonchev–Trinajstić information content (AvgIpc) is 3.03. The number of carboxylic acid groups (broad SMARTS) is 1. The first-order valence-corrected chi connectivity index (χ1v) is 7.02. The normalized spacial score (nSPS) is 29.6. The van der Waals surface area contributed by atoms with Crippen LogP contribution in [0.5, 0.6) is 0 Å². The van der Waals surface area contributed by atoms with E-state index in [2.05, 4.69) is 5.32 Å². The number of halogens is 2. The summed E-state index contributed by atoms with van der Waals surface area (Å²) < 4.78 is 13.4. The van der Waals surface area contributed by atoms with Crippen molar-refractivity contribution in [3.63, 3.8) is 0 Å². The Bertz CT molecular complexity index is 646. The molecule has 1 amide bonds. The Morgan fingerprint density at radius 2 is 1.90 bits per heavy atom. The number of carboxylic acids is 1. The number of hydrogen-bond donors (Lipinski definition) is 2. The van der Waals surface area contributed by atoms with E-state index in [1.807, 2.05) is 12.2 Å². The van der Waals surface area contributed by atoms with Crippen LogP contribution >= 0.6 is 11.6 Å². The fourth-order valence-corrected chi connectivity index (χ4v) is 3.43. The molecule has 3 rings (SSSR count). The fraction of sp³-hybridized carbons (Fsp3) is 0.333. The van der Waals surface area contributed by atoms with E-state index in [1.165, 1.54) is 12.1 Å². The van der Waals surface area contributed by atoms with Crippen LogP contribution in [-0.2, 0) is 9.59 Å². The summed E-state index contributed by atoms with van der Waals surface area (Å²) in [6.07, 6.45) is 4.45. The number of benzene rings is 1. The predicted octanol–water partition coefficient (Wildman–Crippen LogP) is 2.94. The first kappa shape index (κ1) is 14.1. The molecule has 2 bridgehead atoms. The molecule has 0 heterocycles. The predicted molar refractivity (Wildman–Crippen MR) is 75.4 cm³/mol. The van der Waals surface area contributed by atoms with Crippen LogP contribution in [-0.4, -0.2) is 17.0 Å². The van der Waals surface area contributed by atoms with E-state index in [1.54, 1.807) is 0 Å². The van der Waals surface area contributed by atoms with Crippen molar-refractivity contribution in [3.8, 4) is 0 Å². The number of nitrogens with one attached hydrogen (secondary N) is 1.